The molecule has 0 radical (unpaired) electrons. The van der Waals surface area contributed by atoms with Crippen molar-refractivity contribution in [3.63, 3.8) is 0 Å². The topological polar surface area (TPSA) is 167 Å². The van der Waals surface area contributed by atoms with Gasteiger partial charge >= 0.3 is 29.8 Å². The number of carbonyl (C=O) groups is 6. The van der Waals surface area contributed by atoms with E-state index in [0.29, 0.717) is 0 Å². The van der Waals surface area contributed by atoms with Crippen LogP contribution in [0.15, 0.2) is 24.3 Å². The van der Waals surface area contributed by atoms with Gasteiger partial charge in [0, 0.05) is 34.1 Å². The van der Waals surface area contributed by atoms with Crippen LogP contribution in [-0.2, 0) is 52.4 Å². The monoisotopic (exact) mass is 598 g/mol. The molecule has 2 unspecified atom stereocenters. The first-order valence-corrected chi connectivity index (χ1v) is 13.6. The highest BCUT2D eigenvalue weighted by Crippen LogP contribution is 2.43. The van der Waals surface area contributed by atoms with Crippen molar-refractivity contribution in [3.05, 3.63) is 29.8 Å². The van der Waals surface area contributed by atoms with Crippen molar-refractivity contribution in [3.8, 4) is 5.75 Å². The van der Waals surface area contributed by atoms with Crippen molar-refractivity contribution in [1.82, 2.24) is 0 Å². The Hall–Kier alpha value is -3.65. The van der Waals surface area contributed by atoms with Crippen LogP contribution < -0.4 is 4.74 Å². The fraction of sp³-hybridized carbons (Fsp3) is 0.556. The minimum atomic E-state index is -1.91. The summed E-state index contributed by atoms with van der Waals surface area (Å²) < 4.78 is 38.0. The second-order valence-electron chi connectivity index (χ2n) is 8.84. The normalized spacial score (nSPS) is 22.4. The van der Waals surface area contributed by atoms with Gasteiger partial charge in [-0.15, -0.1) is 11.8 Å². The number of rotatable bonds is 13. The largest absolute Gasteiger partial charge is 0.496 e. The van der Waals surface area contributed by atoms with E-state index in [-0.39, 0.29) is 23.5 Å². The van der Waals surface area contributed by atoms with Gasteiger partial charge in [-0.3, -0.25) is 24.0 Å². The third-order valence-electron chi connectivity index (χ3n) is 5.67. The maximum atomic E-state index is 13.6. The minimum absolute atomic E-state index is 0.187. The molecule has 13 nitrogen and oxygen atoms in total. The third-order valence-corrected chi connectivity index (χ3v) is 6.86. The maximum Gasteiger partial charge on any atom is 0.349 e. The molecule has 1 heterocycles. The number of thioether (sulfide) groups is 1. The van der Waals surface area contributed by atoms with E-state index in [1.807, 2.05) is 0 Å². The molecule has 0 N–H and O–H groups in total. The standard InChI is InChI=1S/C27H34O13S/c1-7-41-27(26(33)36-13-20(32)19-10-8-9-11-21(19)34-6)12-22(37-16(3)29)24(39-18(5)31)25(40-27)23(38-17(4)30)14-35-15(2)28/h8-11,22-25H,7,12-14H2,1-6H3/t22-,23-,24-,25?,27?/m1/s1. The van der Waals surface area contributed by atoms with Crippen LogP contribution in [0.2, 0.25) is 0 Å². The number of para-hydroxylation sites is 1. The summed E-state index contributed by atoms with van der Waals surface area (Å²) in [7, 11) is 1.39. The molecule has 1 saturated heterocycles. The molecule has 14 heteroatoms. The predicted octanol–water partition coefficient (Wildman–Crippen LogP) is 2.02. The maximum absolute atomic E-state index is 13.6. The van der Waals surface area contributed by atoms with Gasteiger partial charge in [-0.05, 0) is 17.9 Å². The van der Waals surface area contributed by atoms with E-state index < -0.39 is 78.2 Å². The number of carbonyl (C=O) groups excluding carboxylic acids is 6. The van der Waals surface area contributed by atoms with Crippen molar-refractivity contribution in [2.24, 2.45) is 0 Å². The molecule has 1 aromatic carbocycles. The lowest BCUT2D eigenvalue weighted by atomic mass is 9.93. The highest BCUT2D eigenvalue weighted by molar-refractivity contribution is 8.01. The summed E-state index contributed by atoms with van der Waals surface area (Å²) in [5.41, 5.74) is 0.187. The van der Waals surface area contributed by atoms with Crippen molar-refractivity contribution >= 4 is 47.4 Å². The zero-order chi connectivity index (χ0) is 30.7. The molecule has 0 bridgehead atoms. The lowest BCUT2D eigenvalue weighted by molar-refractivity contribution is -0.241. The van der Waals surface area contributed by atoms with E-state index in [9.17, 15) is 28.8 Å². The SMILES string of the molecule is CCSC1(C(=O)OCC(=O)c2ccccc2OC)C[C@@H](OC(C)=O)[C@@H](OC(C)=O)C([C@@H](COC(C)=O)OC(C)=O)O1. The number of hydrogen-bond donors (Lipinski definition) is 0. The number of esters is 5. The average Bonchev–Trinajstić information content (AvgIpc) is 2.90. The van der Waals surface area contributed by atoms with Gasteiger partial charge in [0.1, 0.15) is 24.6 Å². The molecule has 1 aliphatic rings. The Morgan fingerprint density at radius 3 is 2.17 bits per heavy atom. The Balaban J connectivity index is 2.50. The fourth-order valence-electron chi connectivity index (χ4n) is 4.19. The highest BCUT2D eigenvalue weighted by atomic mass is 32.2. The number of ether oxygens (including phenoxy) is 7. The molecule has 226 valence electrons. The van der Waals surface area contributed by atoms with Crippen LogP contribution >= 0.6 is 11.8 Å². The predicted molar refractivity (Wildman–Crippen MR) is 142 cm³/mol. The van der Waals surface area contributed by atoms with Crippen LogP contribution in [0.1, 0.15) is 51.4 Å². The lowest BCUT2D eigenvalue weighted by Gasteiger charge is -2.47. The van der Waals surface area contributed by atoms with Gasteiger partial charge in [-0.2, -0.15) is 0 Å². The Labute approximate surface area is 241 Å². The summed E-state index contributed by atoms with van der Waals surface area (Å²) in [6.07, 6.45) is -5.84. The molecule has 5 atom stereocenters. The van der Waals surface area contributed by atoms with E-state index in [2.05, 4.69) is 0 Å². The molecule has 0 saturated carbocycles. The van der Waals surface area contributed by atoms with Gasteiger partial charge in [0.05, 0.1) is 12.7 Å². The van der Waals surface area contributed by atoms with Gasteiger partial charge in [0.2, 0.25) is 10.7 Å². The first kappa shape index (κ1) is 33.6. The van der Waals surface area contributed by atoms with E-state index in [1.165, 1.54) is 13.2 Å². The van der Waals surface area contributed by atoms with E-state index in [4.69, 9.17) is 33.2 Å². The number of ketones is 1. The van der Waals surface area contributed by atoms with Crippen LogP contribution in [0.4, 0.5) is 0 Å². The molecule has 41 heavy (non-hydrogen) atoms. The molecule has 0 aliphatic carbocycles. The van der Waals surface area contributed by atoms with Crippen molar-refractivity contribution < 1.29 is 61.9 Å². The molecule has 0 spiro atoms. The molecule has 2 rings (SSSR count). The number of benzene rings is 1. The molecule has 0 amide bonds. The summed E-state index contributed by atoms with van der Waals surface area (Å²) in [6, 6.07) is 6.39. The van der Waals surface area contributed by atoms with Gasteiger partial charge in [0.15, 0.2) is 18.8 Å². The van der Waals surface area contributed by atoms with Crippen LogP contribution in [-0.4, -0.2) is 91.1 Å². The molecular formula is C27H34O13S. The van der Waals surface area contributed by atoms with Gasteiger partial charge in [-0.25, -0.2) is 4.79 Å². The summed E-state index contributed by atoms with van der Waals surface area (Å²) in [5, 5.41) is 0. The van der Waals surface area contributed by atoms with Gasteiger partial charge < -0.3 is 33.2 Å². The molecular weight excluding hydrogens is 564 g/mol. The molecule has 1 aromatic rings. The fourth-order valence-corrected chi connectivity index (χ4v) is 5.29. The minimum Gasteiger partial charge on any atom is -0.496 e. The van der Waals surface area contributed by atoms with Crippen molar-refractivity contribution in [2.75, 3.05) is 26.1 Å². The average molecular weight is 599 g/mol. The zero-order valence-electron chi connectivity index (χ0n) is 23.7. The van der Waals surface area contributed by atoms with E-state index in [0.717, 1.165) is 39.5 Å². The Morgan fingerprint density at radius 2 is 1.61 bits per heavy atom. The number of hydrogen-bond acceptors (Lipinski definition) is 14. The lowest BCUT2D eigenvalue weighted by Crippen LogP contribution is -2.63. The van der Waals surface area contributed by atoms with Gasteiger partial charge in [-0.1, -0.05) is 19.1 Å². The smallest absolute Gasteiger partial charge is 0.349 e. The Kier molecular flexibility index (Phi) is 12.6. The quantitative estimate of drug-likeness (QED) is 0.184. The summed E-state index contributed by atoms with van der Waals surface area (Å²) >= 11 is 0.966. The number of methoxy groups -OCH3 is 1. The zero-order valence-corrected chi connectivity index (χ0v) is 24.5. The summed E-state index contributed by atoms with van der Waals surface area (Å²) in [6.45, 7) is 4.97. The summed E-state index contributed by atoms with van der Waals surface area (Å²) in [5.74, 6) is -4.01. The third kappa shape index (κ3) is 9.46. The second-order valence-corrected chi connectivity index (χ2v) is 10.4. The van der Waals surface area contributed by atoms with E-state index >= 15 is 0 Å². The van der Waals surface area contributed by atoms with Crippen LogP contribution in [0.5, 0.6) is 5.75 Å². The first-order chi connectivity index (χ1) is 19.3. The van der Waals surface area contributed by atoms with E-state index in [1.54, 1.807) is 25.1 Å². The number of Topliss-reactive ketones (excluding diaryl/α,β-unsaturated/α-hetero) is 1. The molecule has 1 aliphatic heterocycles. The van der Waals surface area contributed by atoms with Crippen LogP contribution in [0.3, 0.4) is 0 Å². The van der Waals surface area contributed by atoms with Crippen LogP contribution in [0, 0.1) is 0 Å². The molecule has 1 fully saturated rings. The first-order valence-electron chi connectivity index (χ1n) is 12.6. The molecule has 0 aromatic heterocycles. The van der Waals surface area contributed by atoms with Gasteiger partial charge in [0.25, 0.3) is 0 Å². The van der Waals surface area contributed by atoms with Crippen molar-refractivity contribution in [1.29, 1.82) is 0 Å². The highest BCUT2D eigenvalue weighted by Gasteiger charge is 2.58. The van der Waals surface area contributed by atoms with Crippen molar-refractivity contribution in [2.45, 2.75) is 70.4 Å². The Morgan fingerprint density at radius 1 is 0.951 bits per heavy atom. The Bertz CT molecular complexity index is 1140. The second kappa shape index (κ2) is 15.4. The summed E-state index contributed by atoms with van der Waals surface area (Å²) in [4.78, 5) is 72.2. The van der Waals surface area contributed by atoms with Crippen LogP contribution in [0.25, 0.3) is 0 Å².